The molecule has 0 saturated carbocycles. The van der Waals surface area contributed by atoms with E-state index in [1.165, 1.54) is 28.0 Å². The molecule has 0 aliphatic heterocycles. The van der Waals surface area contributed by atoms with Gasteiger partial charge in [-0.05, 0) is 55.3 Å². The summed E-state index contributed by atoms with van der Waals surface area (Å²) in [6.07, 6.45) is 3.99. The van der Waals surface area contributed by atoms with Gasteiger partial charge in [0, 0.05) is 56.9 Å². The summed E-state index contributed by atoms with van der Waals surface area (Å²) in [7, 11) is 1.62. The van der Waals surface area contributed by atoms with Crippen LogP contribution in [-0.2, 0) is 11.8 Å². The number of carboxylic acid groups (broad SMARTS) is 1. The van der Waals surface area contributed by atoms with Gasteiger partial charge in [0.05, 0.1) is 0 Å². The molecule has 1 N–H and O–H groups in total. The van der Waals surface area contributed by atoms with Crippen molar-refractivity contribution in [2.75, 3.05) is 0 Å². The van der Waals surface area contributed by atoms with E-state index in [1.807, 2.05) is 13.8 Å². The molecule has 0 unspecified atom stereocenters. The van der Waals surface area contributed by atoms with Crippen molar-refractivity contribution in [3.63, 3.8) is 0 Å². The summed E-state index contributed by atoms with van der Waals surface area (Å²) in [6.45, 7) is 3.81. The first-order valence-electron chi connectivity index (χ1n) is 8.71. The molecule has 0 spiro atoms. The van der Waals surface area contributed by atoms with Gasteiger partial charge in [-0.3, -0.25) is 9.59 Å². The van der Waals surface area contributed by atoms with Crippen molar-refractivity contribution in [1.29, 1.82) is 0 Å². The Balaban J connectivity index is 2.25. The van der Waals surface area contributed by atoms with E-state index >= 15 is 0 Å². The lowest BCUT2D eigenvalue weighted by Gasteiger charge is -2.10. The van der Waals surface area contributed by atoms with Crippen LogP contribution in [0, 0.1) is 13.8 Å². The maximum Gasteiger partial charge on any atom is 0.328 e. The lowest BCUT2D eigenvalue weighted by atomic mass is 9.96. The van der Waals surface area contributed by atoms with Crippen molar-refractivity contribution in [3.8, 4) is 10.4 Å². The molecule has 148 valence electrons. The molecule has 1 aromatic carbocycles. The average molecular weight is 428 g/mol. The molecule has 7 heteroatoms. The van der Waals surface area contributed by atoms with Gasteiger partial charge in [0.2, 0.25) is 0 Å². The topological polar surface area (TPSA) is 76.4 Å². The van der Waals surface area contributed by atoms with Gasteiger partial charge >= 0.3 is 5.97 Å². The van der Waals surface area contributed by atoms with Crippen molar-refractivity contribution >= 4 is 40.8 Å². The number of pyridine rings is 1. The van der Waals surface area contributed by atoms with E-state index in [-0.39, 0.29) is 11.3 Å². The van der Waals surface area contributed by atoms with Gasteiger partial charge in [0.1, 0.15) is 0 Å². The second-order valence-electron chi connectivity index (χ2n) is 6.59. The first-order chi connectivity index (χ1) is 13.7. The number of aromatic nitrogens is 1. The van der Waals surface area contributed by atoms with Crippen LogP contribution in [0.3, 0.4) is 0 Å². The molecular weight excluding hydrogens is 410 g/mol. The average Bonchev–Trinajstić information content (AvgIpc) is 2.97. The Kier molecular flexibility index (Phi) is 5.86. The molecule has 0 bridgehead atoms. The summed E-state index contributed by atoms with van der Waals surface area (Å²) < 4.78 is 1.41. The fourth-order valence-corrected chi connectivity index (χ4v) is 4.28. The zero-order valence-corrected chi connectivity index (χ0v) is 17.6. The fourth-order valence-electron chi connectivity index (χ4n) is 2.97. The van der Waals surface area contributed by atoms with Crippen LogP contribution in [-0.4, -0.2) is 21.4 Å². The highest BCUT2D eigenvalue weighted by Gasteiger charge is 2.23. The molecule has 3 aromatic rings. The first kappa shape index (κ1) is 20.8. The SMILES string of the molecule is Cc1sc(-c2cn(C)c(=O)cc2/C=C/C(=O)O)c(C(=O)c2ccc(Cl)cc2)c1C. The van der Waals surface area contributed by atoms with Gasteiger partial charge < -0.3 is 9.67 Å². The lowest BCUT2D eigenvalue weighted by molar-refractivity contribution is -0.131. The zero-order valence-electron chi connectivity index (χ0n) is 16.0. The van der Waals surface area contributed by atoms with Gasteiger partial charge in [-0.25, -0.2) is 4.79 Å². The summed E-state index contributed by atoms with van der Waals surface area (Å²) in [5.41, 5.74) is 2.70. The molecule has 0 fully saturated rings. The Labute approximate surface area is 176 Å². The highest BCUT2D eigenvalue weighted by molar-refractivity contribution is 7.16. The summed E-state index contributed by atoms with van der Waals surface area (Å²) in [5.74, 6) is -1.27. The number of thiophene rings is 1. The van der Waals surface area contributed by atoms with Crippen LogP contribution in [0.25, 0.3) is 16.5 Å². The monoisotopic (exact) mass is 427 g/mol. The number of halogens is 1. The van der Waals surface area contributed by atoms with E-state index < -0.39 is 5.97 Å². The summed E-state index contributed by atoms with van der Waals surface area (Å²) in [5, 5.41) is 9.53. The molecule has 5 nitrogen and oxygen atoms in total. The van der Waals surface area contributed by atoms with Crippen LogP contribution in [0.5, 0.6) is 0 Å². The van der Waals surface area contributed by atoms with Crippen molar-refractivity contribution in [3.05, 3.63) is 85.1 Å². The Bertz CT molecular complexity index is 1200. The van der Waals surface area contributed by atoms with Gasteiger partial charge in [0.25, 0.3) is 5.56 Å². The quantitative estimate of drug-likeness (QED) is 0.472. The third kappa shape index (κ3) is 4.23. The smallest absolute Gasteiger partial charge is 0.328 e. The minimum Gasteiger partial charge on any atom is -0.478 e. The second-order valence-corrected chi connectivity index (χ2v) is 8.25. The van der Waals surface area contributed by atoms with Gasteiger partial charge in [-0.1, -0.05) is 11.6 Å². The molecule has 2 heterocycles. The van der Waals surface area contributed by atoms with Crippen LogP contribution in [0.1, 0.15) is 31.9 Å². The highest BCUT2D eigenvalue weighted by atomic mass is 35.5. The van der Waals surface area contributed by atoms with E-state index in [9.17, 15) is 14.4 Å². The molecule has 0 amide bonds. The van der Waals surface area contributed by atoms with E-state index in [2.05, 4.69) is 0 Å². The summed E-state index contributed by atoms with van der Waals surface area (Å²) in [6, 6.07) is 8.04. The molecule has 0 saturated heterocycles. The predicted octanol–water partition coefficient (Wildman–Crippen LogP) is 4.71. The van der Waals surface area contributed by atoms with E-state index in [0.717, 1.165) is 16.5 Å². The molecule has 0 radical (unpaired) electrons. The maximum atomic E-state index is 13.3. The van der Waals surface area contributed by atoms with Gasteiger partial charge in [-0.2, -0.15) is 0 Å². The number of aryl methyl sites for hydroxylation is 2. The number of ketones is 1. The number of benzene rings is 1. The van der Waals surface area contributed by atoms with E-state index in [4.69, 9.17) is 16.7 Å². The molecule has 0 aliphatic rings. The van der Waals surface area contributed by atoms with Crippen LogP contribution < -0.4 is 5.56 Å². The normalized spacial score (nSPS) is 11.2. The van der Waals surface area contributed by atoms with Crippen LogP contribution in [0.2, 0.25) is 5.02 Å². The van der Waals surface area contributed by atoms with Crippen LogP contribution in [0.4, 0.5) is 0 Å². The third-order valence-corrected chi connectivity index (χ3v) is 6.12. The van der Waals surface area contributed by atoms with Crippen molar-refractivity contribution in [1.82, 2.24) is 4.57 Å². The highest BCUT2D eigenvalue weighted by Crippen LogP contribution is 2.39. The predicted molar refractivity (Wildman–Crippen MR) is 116 cm³/mol. The number of hydrogen-bond acceptors (Lipinski definition) is 4. The fraction of sp³-hybridized carbons (Fsp3) is 0.136. The Morgan fingerprint density at radius 3 is 2.45 bits per heavy atom. The minimum atomic E-state index is -1.12. The molecule has 2 aromatic heterocycles. The number of rotatable bonds is 5. The van der Waals surface area contributed by atoms with Gasteiger partial charge in [-0.15, -0.1) is 11.3 Å². The van der Waals surface area contributed by atoms with E-state index in [0.29, 0.717) is 32.2 Å². The first-order valence-corrected chi connectivity index (χ1v) is 9.90. The Morgan fingerprint density at radius 1 is 1.17 bits per heavy atom. The largest absolute Gasteiger partial charge is 0.478 e. The van der Waals surface area contributed by atoms with Crippen LogP contribution in [0.15, 0.2) is 47.4 Å². The third-order valence-electron chi connectivity index (χ3n) is 4.63. The van der Waals surface area contributed by atoms with Crippen molar-refractivity contribution in [2.45, 2.75) is 13.8 Å². The number of carbonyl (C=O) groups is 2. The Morgan fingerprint density at radius 2 is 1.83 bits per heavy atom. The standard InChI is InChI=1S/C22H18ClNO4S/c1-12-13(2)29-22(20(12)21(28)14-4-7-16(23)8-5-14)17-11-24(3)18(25)10-15(17)6-9-19(26)27/h4-11H,1-3H3,(H,26,27)/b9-6+. The van der Waals surface area contributed by atoms with Gasteiger partial charge in [0.15, 0.2) is 5.78 Å². The lowest BCUT2D eigenvalue weighted by Crippen LogP contribution is -2.16. The minimum absolute atomic E-state index is 0.152. The number of carbonyl (C=O) groups excluding carboxylic acids is 1. The summed E-state index contributed by atoms with van der Waals surface area (Å²) in [4.78, 5) is 38.1. The van der Waals surface area contributed by atoms with E-state index in [1.54, 1.807) is 37.5 Å². The molecule has 0 atom stereocenters. The van der Waals surface area contributed by atoms with Crippen molar-refractivity contribution < 1.29 is 14.7 Å². The zero-order chi connectivity index (χ0) is 21.3. The van der Waals surface area contributed by atoms with Crippen molar-refractivity contribution in [2.24, 2.45) is 7.05 Å². The molecular formula is C22H18ClNO4S. The molecule has 29 heavy (non-hydrogen) atoms. The summed E-state index contributed by atoms with van der Waals surface area (Å²) >= 11 is 7.38. The number of nitrogens with zero attached hydrogens (tertiary/aromatic N) is 1. The molecule has 3 rings (SSSR count). The number of aliphatic carboxylic acids is 1. The number of hydrogen-bond donors (Lipinski definition) is 1. The van der Waals surface area contributed by atoms with Crippen LogP contribution >= 0.6 is 22.9 Å². The Hall–Kier alpha value is -2.96. The molecule has 0 aliphatic carbocycles. The second kappa shape index (κ2) is 8.19. The number of carboxylic acids is 1. The maximum absolute atomic E-state index is 13.3.